The first kappa shape index (κ1) is 22.8. The Morgan fingerprint density at radius 1 is 1.00 bits per heavy atom. The molecule has 0 saturated heterocycles. The van der Waals surface area contributed by atoms with Crippen molar-refractivity contribution in [2.45, 2.75) is 51.0 Å². The van der Waals surface area contributed by atoms with Gasteiger partial charge in [-0.1, -0.05) is 62.2 Å². The van der Waals surface area contributed by atoms with Gasteiger partial charge in [-0.3, -0.25) is 0 Å². The Labute approximate surface area is 200 Å². The van der Waals surface area contributed by atoms with Crippen LogP contribution in [-0.2, 0) is 0 Å². The van der Waals surface area contributed by atoms with Crippen molar-refractivity contribution in [2.75, 3.05) is 11.5 Å². The summed E-state index contributed by atoms with van der Waals surface area (Å²) in [6.07, 6.45) is 3.50. The molecule has 0 aromatic heterocycles. The SMILES string of the molecule is CCCC(CC)Oc1ccc(C2=C(c3ccc(Cl)c(C)c3)CSc3cc(N)ccc32)cc1. The Morgan fingerprint density at radius 2 is 1.75 bits per heavy atom. The Balaban J connectivity index is 1.79. The molecule has 1 unspecified atom stereocenters. The van der Waals surface area contributed by atoms with Gasteiger partial charge in [0.05, 0.1) is 6.10 Å². The number of aryl methyl sites for hydroxylation is 1. The second kappa shape index (κ2) is 10.1. The standard InChI is InChI=1S/C28H30ClNOS/c1-4-6-22(5-2)31-23-11-7-19(8-12-23)28-24-13-10-21(30)16-27(24)32-17-25(28)20-9-14-26(29)18(3)15-20/h7-16,22H,4-6,17,30H2,1-3H3. The van der Waals surface area contributed by atoms with Gasteiger partial charge >= 0.3 is 0 Å². The topological polar surface area (TPSA) is 35.2 Å². The van der Waals surface area contributed by atoms with Crippen molar-refractivity contribution in [3.05, 3.63) is 87.9 Å². The summed E-state index contributed by atoms with van der Waals surface area (Å²) in [7, 11) is 0. The molecule has 0 radical (unpaired) electrons. The highest BCUT2D eigenvalue weighted by atomic mass is 35.5. The summed E-state index contributed by atoms with van der Waals surface area (Å²) in [6, 6.07) is 21.1. The summed E-state index contributed by atoms with van der Waals surface area (Å²) >= 11 is 8.15. The predicted molar refractivity (Wildman–Crippen MR) is 140 cm³/mol. The first-order chi connectivity index (χ1) is 15.5. The number of anilines is 1. The van der Waals surface area contributed by atoms with E-state index in [1.165, 1.54) is 32.7 Å². The lowest BCUT2D eigenvalue weighted by atomic mass is 9.89. The van der Waals surface area contributed by atoms with Crippen molar-refractivity contribution < 1.29 is 4.74 Å². The van der Waals surface area contributed by atoms with Crippen LogP contribution in [0.1, 0.15) is 55.4 Å². The highest BCUT2D eigenvalue weighted by Gasteiger charge is 2.23. The van der Waals surface area contributed by atoms with Crippen LogP contribution in [0.25, 0.3) is 11.1 Å². The molecule has 166 valence electrons. The maximum absolute atomic E-state index is 6.32. The van der Waals surface area contributed by atoms with Gasteiger partial charge in [0.1, 0.15) is 5.75 Å². The van der Waals surface area contributed by atoms with Crippen molar-refractivity contribution in [1.82, 2.24) is 0 Å². The monoisotopic (exact) mass is 463 g/mol. The molecule has 0 aliphatic carbocycles. The summed E-state index contributed by atoms with van der Waals surface area (Å²) in [6.45, 7) is 6.44. The highest BCUT2D eigenvalue weighted by Crippen LogP contribution is 2.45. The van der Waals surface area contributed by atoms with E-state index in [0.29, 0.717) is 0 Å². The minimum absolute atomic E-state index is 0.271. The fourth-order valence-corrected chi connectivity index (χ4v) is 5.47. The van der Waals surface area contributed by atoms with Crippen LogP contribution in [0.15, 0.2) is 65.6 Å². The number of nitrogen functional groups attached to an aromatic ring is 1. The van der Waals surface area contributed by atoms with E-state index in [4.69, 9.17) is 22.1 Å². The molecule has 32 heavy (non-hydrogen) atoms. The third-order valence-corrected chi connectivity index (χ3v) is 7.47. The van der Waals surface area contributed by atoms with Crippen LogP contribution >= 0.6 is 23.4 Å². The molecule has 4 rings (SSSR count). The average Bonchev–Trinajstić information content (AvgIpc) is 2.80. The number of rotatable bonds is 7. The smallest absolute Gasteiger partial charge is 0.119 e. The van der Waals surface area contributed by atoms with E-state index in [1.54, 1.807) is 0 Å². The second-order valence-corrected chi connectivity index (χ2v) is 9.75. The average molecular weight is 464 g/mol. The van der Waals surface area contributed by atoms with Gasteiger partial charge in [0.15, 0.2) is 0 Å². The lowest BCUT2D eigenvalue weighted by molar-refractivity contribution is 0.186. The summed E-state index contributed by atoms with van der Waals surface area (Å²) in [4.78, 5) is 1.23. The number of hydrogen-bond acceptors (Lipinski definition) is 3. The molecule has 1 aliphatic rings. The Morgan fingerprint density at radius 3 is 2.44 bits per heavy atom. The normalized spacial score (nSPS) is 14.2. The first-order valence-corrected chi connectivity index (χ1v) is 12.7. The predicted octanol–water partition coefficient (Wildman–Crippen LogP) is 8.25. The molecule has 1 heterocycles. The molecule has 4 heteroatoms. The zero-order valence-electron chi connectivity index (χ0n) is 19.0. The molecule has 0 fully saturated rings. The van der Waals surface area contributed by atoms with Crippen LogP contribution < -0.4 is 10.5 Å². The van der Waals surface area contributed by atoms with Gasteiger partial charge in [-0.25, -0.2) is 0 Å². The molecule has 2 nitrogen and oxygen atoms in total. The third-order valence-electron chi connectivity index (χ3n) is 5.97. The number of hydrogen-bond donors (Lipinski definition) is 1. The molecular weight excluding hydrogens is 434 g/mol. The highest BCUT2D eigenvalue weighted by molar-refractivity contribution is 7.99. The minimum atomic E-state index is 0.271. The van der Waals surface area contributed by atoms with Crippen LogP contribution in [-0.4, -0.2) is 11.9 Å². The second-order valence-electron chi connectivity index (χ2n) is 8.32. The van der Waals surface area contributed by atoms with Crippen molar-refractivity contribution in [2.24, 2.45) is 0 Å². The quantitative estimate of drug-likeness (QED) is 0.358. The van der Waals surface area contributed by atoms with E-state index in [1.807, 2.05) is 23.9 Å². The zero-order valence-corrected chi connectivity index (χ0v) is 20.5. The molecule has 0 amide bonds. The maximum atomic E-state index is 6.32. The zero-order chi connectivity index (χ0) is 22.7. The van der Waals surface area contributed by atoms with Crippen molar-refractivity contribution >= 4 is 40.2 Å². The molecule has 3 aromatic rings. The fourth-order valence-electron chi connectivity index (χ4n) is 4.20. The van der Waals surface area contributed by atoms with E-state index in [-0.39, 0.29) is 6.10 Å². The van der Waals surface area contributed by atoms with Gasteiger partial charge in [0.25, 0.3) is 0 Å². The molecule has 0 saturated carbocycles. The number of ether oxygens (including phenoxy) is 1. The number of halogens is 1. The van der Waals surface area contributed by atoms with Crippen LogP contribution in [0.5, 0.6) is 5.75 Å². The first-order valence-electron chi connectivity index (χ1n) is 11.3. The van der Waals surface area contributed by atoms with E-state index < -0.39 is 0 Å². The Bertz CT molecular complexity index is 1140. The Hall–Kier alpha value is -2.36. The van der Waals surface area contributed by atoms with Crippen molar-refractivity contribution in [3.63, 3.8) is 0 Å². The van der Waals surface area contributed by atoms with E-state index in [9.17, 15) is 0 Å². The number of nitrogens with two attached hydrogens (primary N) is 1. The van der Waals surface area contributed by atoms with Gasteiger partial charge < -0.3 is 10.5 Å². The summed E-state index contributed by atoms with van der Waals surface area (Å²) in [5.74, 6) is 1.82. The third kappa shape index (κ3) is 4.84. The largest absolute Gasteiger partial charge is 0.490 e. The molecule has 0 bridgehead atoms. The molecule has 0 spiro atoms. The lowest BCUT2D eigenvalue weighted by Gasteiger charge is -2.25. The lowest BCUT2D eigenvalue weighted by Crippen LogP contribution is -2.14. The van der Waals surface area contributed by atoms with E-state index in [2.05, 4.69) is 69.3 Å². The molecule has 1 atom stereocenters. The molecule has 1 aliphatic heterocycles. The molecule has 3 aromatic carbocycles. The van der Waals surface area contributed by atoms with Crippen LogP contribution in [0, 0.1) is 6.92 Å². The summed E-state index contributed by atoms with van der Waals surface area (Å²) in [5.41, 5.74) is 14.2. The van der Waals surface area contributed by atoms with Crippen LogP contribution in [0.4, 0.5) is 5.69 Å². The Kier molecular flexibility index (Phi) is 7.17. The van der Waals surface area contributed by atoms with Gasteiger partial charge in [0.2, 0.25) is 0 Å². The summed E-state index contributed by atoms with van der Waals surface area (Å²) in [5, 5.41) is 0.798. The van der Waals surface area contributed by atoms with Gasteiger partial charge in [0, 0.05) is 21.4 Å². The number of thioether (sulfide) groups is 1. The van der Waals surface area contributed by atoms with Crippen LogP contribution in [0.3, 0.4) is 0 Å². The van der Waals surface area contributed by atoms with Gasteiger partial charge in [-0.15, -0.1) is 11.8 Å². The van der Waals surface area contributed by atoms with E-state index >= 15 is 0 Å². The molecule has 2 N–H and O–H groups in total. The van der Waals surface area contributed by atoms with Gasteiger partial charge in [-0.05, 0) is 83.5 Å². The van der Waals surface area contributed by atoms with Crippen molar-refractivity contribution in [1.29, 1.82) is 0 Å². The maximum Gasteiger partial charge on any atom is 0.119 e. The van der Waals surface area contributed by atoms with Gasteiger partial charge in [-0.2, -0.15) is 0 Å². The fraction of sp³-hybridized carbons (Fsp3) is 0.286. The molecular formula is C28H30ClNOS. The summed E-state index contributed by atoms with van der Waals surface area (Å²) < 4.78 is 6.22. The van der Waals surface area contributed by atoms with E-state index in [0.717, 1.165) is 47.0 Å². The number of benzene rings is 3. The van der Waals surface area contributed by atoms with Crippen LogP contribution in [0.2, 0.25) is 5.02 Å². The number of fused-ring (bicyclic) bond motifs is 1. The van der Waals surface area contributed by atoms with Crippen molar-refractivity contribution in [3.8, 4) is 5.75 Å². The minimum Gasteiger partial charge on any atom is -0.490 e.